The van der Waals surface area contributed by atoms with Crippen molar-refractivity contribution in [1.82, 2.24) is 0 Å². The van der Waals surface area contributed by atoms with Gasteiger partial charge in [-0.25, -0.2) is 9.13 Å². The Morgan fingerprint density at radius 2 is 0.451 bits per heavy atom. The minimum Gasteiger partial charge on any atom is -0.462 e. The van der Waals surface area contributed by atoms with Gasteiger partial charge >= 0.3 is 39.5 Å². The molecule has 606 valence electrons. The summed E-state index contributed by atoms with van der Waals surface area (Å²) in [4.78, 5) is 73.1. The first kappa shape index (κ1) is 100. The highest BCUT2D eigenvalue weighted by Gasteiger charge is 2.30. The Labute approximate surface area is 626 Å². The second-order valence-electron chi connectivity index (χ2n) is 30.3. The maximum absolute atomic E-state index is 13.1. The van der Waals surface area contributed by atoms with Gasteiger partial charge in [0.2, 0.25) is 0 Å². The van der Waals surface area contributed by atoms with Crippen LogP contribution >= 0.6 is 15.6 Å². The third kappa shape index (κ3) is 76.3. The average molecular weight is 1490 g/mol. The minimum atomic E-state index is -4.96. The van der Waals surface area contributed by atoms with E-state index in [0.717, 1.165) is 95.8 Å². The molecule has 17 nitrogen and oxygen atoms in total. The average Bonchev–Trinajstić information content (AvgIpc) is 0.911. The molecule has 0 rings (SSSR count). The molecule has 0 amide bonds. The van der Waals surface area contributed by atoms with Crippen molar-refractivity contribution < 1.29 is 80.2 Å². The lowest BCUT2D eigenvalue weighted by Crippen LogP contribution is -2.30. The van der Waals surface area contributed by atoms with Gasteiger partial charge in [0, 0.05) is 25.7 Å². The van der Waals surface area contributed by atoms with Crippen LogP contribution in [0.3, 0.4) is 0 Å². The Kier molecular flexibility index (Phi) is 74.4. The molecule has 19 heteroatoms. The molecule has 0 spiro atoms. The van der Waals surface area contributed by atoms with Crippen molar-refractivity contribution in [1.29, 1.82) is 0 Å². The molecule has 0 saturated heterocycles. The fraction of sp³-hybridized carbons (Fsp3) is 0.952. The Balaban J connectivity index is 5.23. The number of carbonyl (C=O) groups excluding carboxylic acids is 4. The maximum atomic E-state index is 13.1. The van der Waals surface area contributed by atoms with Crippen LogP contribution in [0.4, 0.5) is 0 Å². The fourth-order valence-corrected chi connectivity index (χ4v) is 14.5. The fourth-order valence-electron chi connectivity index (χ4n) is 12.9. The predicted octanol–water partition coefficient (Wildman–Crippen LogP) is 25.2. The molecule has 3 N–H and O–H groups in total. The smallest absolute Gasteiger partial charge is 0.462 e. The molecule has 0 aliphatic rings. The van der Waals surface area contributed by atoms with Crippen LogP contribution in [0.25, 0.3) is 0 Å². The molecule has 0 fully saturated rings. The number of hydrogen-bond acceptors (Lipinski definition) is 15. The third-order valence-electron chi connectivity index (χ3n) is 19.5. The van der Waals surface area contributed by atoms with E-state index in [0.29, 0.717) is 25.7 Å². The van der Waals surface area contributed by atoms with Crippen molar-refractivity contribution in [3.8, 4) is 0 Å². The highest BCUT2D eigenvalue weighted by Crippen LogP contribution is 2.45. The summed E-state index contributed by atoms with van der Waals surface area (Å²) in [5.41, 5.74) is 0. The summed E-state index contributed by atoms with van der Waals surface area (Å²) < 4.78 is 68.8. The molecule has 0 radical (unpaired) electrons. The standard InChI is InChI=1S/C83H162O17P2/c1-6-9-12-15-18-21-24-26-28-30-32-34-38-42-47-52-57-62-67-81(86)94-73-79(100-82(87)68-63-58-53-48-43-39-35-33-31-29-27-25-22-19-16-13-10-7-2)75-98-102(91,92)96-71-77(84)70-95-101(89,90)97-74-78(72-93-80(85)66-61-56-51-46-23-20-17-14-11-8-3)99-83(88)69-64-59-54-49-44-40-36-37-41-45-50-55-60-65-76(4)5/h76-79,84H,6-75H2,1-5H3,(H,89,90)(H,91,92)/t77-,78+,79+/m0/s1. The second kappa shape index (κ2) is 75.9. The Bertz CT molecular complexity index is 1940. The van der Waals surface area contributed by atoms with E-state index in [1.807, 2.05) is 0 Å². The molecular formula is C83H162O17P2. The van der Waals surface area contributed by atoms with Gasteiger partial charge in [0.25, 0.3) is 0 Å². The van der Waals surface area contributed by atoms with E-state index in [-0.39, 0.29) is 25.7 Å². The van der Waals surface area contributed by atoms with Crippen LogP contribution in [0.2, 0.25) is 0 Å². The van der Waals surface area contributed by atoms with E-state index in [9.17, 15) is 43.2 Å². The van der Waals surface area contributed by atoms with Crippen molar-refractivity contribution in [3.05, 3.63) is 0 Å². The van der Waals surface area contributed by atoms with Gasteiger partial charge in [0.15, 0.2) is 12.2 Å². The van der Waals surface area contributed by atoms with Crippen LogP contribution in [0, 0.1) is 5.92 Å². The highest BCUT2D eigenvalue weighted by molar-refractivity contribution is 7.47. The lowest BCUT2D eigenvalue weighted by molar-refractivity contribution is -0.161. The number of rotatable bonds is 83. The number of aliphatic hydroxyl groups excluding tert-OH is 1. The number of hydrogen-bond donors (Lipinski definition) is 3. The number of ether oxygens (including phenoxy) is 4. The van der Waals surface area contributed by atoms with Crippen LogP contribution in [-0.4, -0.2) is 96.7 Å². The summed E-state index contributed by atoms with van der Waals surface area (Å²) in [6, 6.07) is 0. The predicted molar refractivity (Wildman–Crippen MR) is 418 cm³/mol. The van der Waals surface area contributed by atoms with Gasteiger partial charge in [0.1, 0.15) is 19.3 Å². The van der Waals surface area contributed by atoms with E-state index in [2.05, 4.69) is 34.6 Å². The Hall–Kier alpha value is -1.94. The van der Waals surface area contributed by atoms with Gasteiger partial charge in [-0.3, -0.25) is 37.3 Å². The molecule has 0 aromatic rings. The first-order chi connectivity index (χ1) is 49.5. The van der Waals surface area contributed by atoms with Gasteiger partial charge in [0.05, 0.1) is 26.4 Å². The van der Waals surface area contributed by atoms with Crippen molar-refractivity contribution in [2.45, 2.75) is 464 Å². The van der Waals surface area contributed by atoms with E-state index in [4.69, 9.17) is 37.0 Å². The Morgan fingerprint density at radius 1 is 0.265 bits per heavy atom. The third-order valence-corrected chi connectivity index (χ3v) is 21.4. The zero-order valence-electron chi connectivity index (χ0n) is 66.8. The number of unbranched alkanes of at least 4 members (excludes halogenated alkanes) is 55. The Morgan fingerprint density at radius 3 is 0.667 bits per heavy atom. The largest absolute Gasteiger partial charge is 0.472 e. The van der Waals surface area contributed by atoms with Crippen molar-refractivity contribution in [3.63, 3.8) is 0 Å². The molecule has 0 aromatic carbocycles. The normalized spacial score (nSPS) is 13.8. The van der Waals surface area contributed by atoms with Gasteiger partial charge in [-0.1, -0.05) is 394 Å². The van der Waals surface area contributed by atoms with E-state index in [1.54, 1.807) is 0 Å². The molecule has 102 heavy (non-hydrogen) atoms. The van der Waals surface area contributed by atoms with Crippen molar-refractivity contribution in [2.24, 2.45) is 5.92 Å². The first-order valence-electron chi connectivity index (χ1n) is 43.1. The second-order valence-corrected chi connectivity index (χ2v) is 33.3. The topological polar surface area (TPSA) is 237 Å². The number of aliphatic hydroxyl groups is 1. The minimum absolute atomic E-state index is 0.108. The lowest BCUT2D eigenvalue weighted by Gasteiger charge is -2.21. The number of carbonyl (C=O) groups is 4. The van der Waals surface area contributed by atoms with Gasteiger partial charge in [-0.15, -0.1) is 0 Å². The summed E-state index contributed by atoms with van der Waals surface area (Å²) in [5.74, 6) is -1.32. The zero-order valence-corrected chi connectivity index (χ0v) is 68.5. The van der Waals surface area contributed by atoms with Crippen molar-refractivity contribution in [2.75, 3.05) is 39.6 Å². The summed E-state index contributed by atoms with van der Waals surface area (Å²) >= 11 is 0. The van der Waals surface area contributed by atoms with Crippen LogP contribution in [0.1, 0.15) is 446 Å². The molecule has 0 aromatic heterocycles. The van der Waals surface area contributed by atoms with E-state index in [1.165, 1.54) is 270 Å². The van der Waals surface area contributed by atoms with Crippen LogP contribution < -0.4 is 0 Å². The number of phosphoric acid groups is 2. The van der Waals surface area contributed by atoms with Gasteiger partial charge in [-0.05, 0) is 31.6 Å². The molecular weight excluding hydrogens is 1330 g/mol. The van der Waals surface area contributed by atoms with E-state index >= 15 is 0 Å². The molecule has 0 bridgehead atoms. The van der Waals surface area contributed by atoms with Crippen LogP contribution in [0.5, 0.6) is 0 Å². The molecule has 0 aliphatic heterocycles. The van der Waals surface area contributed by atoms with Gasteiger partial charge < -0.3 is 33.8 Å². The number of esters is 4. The summed E-state index contributed by atoms with van der Waals surface area (Å²) in [5, 5.41) is 10.7. The van der Waals surface area contributed by atoms with Gasteiger partial charge in [-0.2, -0.15) is 0 Å². The van der Waals surface area contributed by atoms with Crippen LogP contribution in [0.15, 0.2) is 0 Å². The SMILES string of the molecule is CCCCCCCCCCCCCCCCCCCCC(=O)OC[C@H](COP(=O)(O)OC[C@@H](O)COP(=O)(O)OC[C@@H](COC(=O)CCCCCCCCCCCC)OC(=O)CCCCCCCCCCCCCCCC(C)C)OC(=O)CCCCCCCCCCCCCCCCCCCC. The number of phosphoric ester groups is 2. The zero-order chi connectivity index (χ0) is 74.8. The first-order valence-corrected chi connectivity index (χ1v) is 46.1. The summed E-state index contributed by atoms with van der Waals surface area (Å²) in [6.07, 6.45) is 67.9. The van der Waals surface area contributed by atoms with E-state index < -0.39 is 97.5 Å². The summed E-state index contributed by atoms with van der Waals surface area (Å²) in [6.45, 7) is 7.36. The molecule has 5 atom stereocenters. The molecule has 0 aliphatic carbocycles. The maximum Gasteiger partial charge on any atom is 0.472 e. The quantitative estimate of drug-likeness (QED) is 0.0222. The molecule has 0 saturated carbocycles. The molecule has 2 unspecified atom stereocenters. The van der Waals surface area contributed by atoms with Crippen LogP contribution in [-0.2, 0) is 65.4 Å². The van der Waals surface area contributed by atoms with Crippen molar-refractivity contribution >= 4 is 39.5 Å². The highest BCUT2D eigenvalue weighted by atomic mass is 31.2. The summed E-state index contributed by atoms with van der Waals surface area (Å²) in [7, 11) is -9.92. The molecule has 0 heterocycles. The monoisotopic (exact) mass is 1490 g/mol. The lowest BCUT2D eigenvalue weighted by atomic mass is 10.0.